The van der Waals surface area contributed by atoms with Gasteiger partial charge in [0.15, 0.2) is 0 Å². The van der Waals surface area contributed by atoms with Gasteiger partial charge in [0, 0.05) is 36.8 Å². The molecule has 2 rings (SSSR count). The lowest BCUT2D eigenvalue weighted by molar-refractivity contribution is -0.127. The standard InChI is InChI=1S/C16H28N2O/c1-5-6-13(4)16(19)17-10-9-14-7-8-15(11-17)18(14)12(2)3/h6,12,14-15H,5,7-11H2,1-4H3/b13-6-/t14-,15-/m0/s1. The molecule has 1 amide bonds. The summed E-state index contributed by atoms with van der Waals surface area (Å²) in [5.74, 6) is 0.248. The second kappa shape index (κ2) is 6.08. The smallest absolute Gasteiger partial charge is 0.249 e. The summed E-state index contributed by atoms with van der Waals surface area (Å²) < 4.78 is 0. The third-order valence-corrected chi connectivity index (χ3v) is 4.57. The number of carbonyl (C=O) groups excluding carboxylic acids is 1. The van der Waals surface area contributed by atoms with Gasteiger partial charge in [-0.3, -0.25) is 9.69 Å². The van der Waals surface area contributed by atoms with E-state index < -0.39 is 0 Å². The minimum Gasteiger partial charge on any atom is -0.337 e. The Morgan fingerprint density at radius 1 is 1.26 bits per heavy atom. The van der Waals surface area contributed by atoms with Crippen molar-refractivity contribution in [2.24, 2.45) is 0 Å². The number of rotatable bonds is 3. The minimum absolute atomic E-state index is 0.248. The van der Waals surface area contributed by atoms with Crippen LogP contribution in [0.25, 0.3) is 0 Å². The second-order valence-corrected chi connectivity index (χ2v) is 6.26. The van der Waals surface area contributed by atoms with Crippen molar-refractivity contribution in [3.63, 3.8) is 0 Å². The van der Waals surface area contributed by atoms with E-state index in [1.807, 2.05) is 13.0 Å². The van der Waals surface area contributed by atoms with Crippen LogP contribution in [0.3, 0.4) is 0 Å². The maximum Gasteiger partial charge on any atom is 0.249 e. The minimum atomic E-state index is 0.248. The molecule has 2 saturated heterocycles. The molecule has 0 aromatic carbocycles. The molecule has 0 radical (unpaired) electrons. The number of fused-ring (bicyclic) bond motifs is 2. The highest BCUT2D eigenvalue weighted by Gasteiger charge is 2.39. The zero-order valence-electron chi connectivity index (χ0n) is 12.9. The molecule has 2 fully saturated rings. The lowest BCUT2D eigenvalue weighted by Crippen LogP contribution is -2.44. The molecule has 108 valence electrons. The van der Waals surface area contributed by atoms with Crippen molar-refractivity contribution in [1.29, 1.82) is 0 Å². The maximum atomic E-state index is 12.4. The van der Waals surface area contributed by atoms with Crippen molar-refractivity contribution in [3.8, 4) is 0 Å². The summed E-state index contributed by atoms with van der Waals surface area (Å²) in [6, 6.07) is 1.86. The molecule has 3 heteroatoms. The molecule has 0 spiro atoms. The Hall–Kier alpha value is -0.830. The number of nitrogens with zero attached hydrogens (tertiary/aromatic N) is 2. The molecular weight excluding hydrogens is 236 g/mol. The Morgan fingerprint density at radius 2 is 1.95 bits per heavy atom. The first-order chi connectivity index (χ1) is 9.04. The third-order valence-electron chi connectivity index (χ3n) is 4.57. The van der Waals surface area contributed by atoms with E-state index in [4.69, 9.17) is 0 Å². The van der Waals surface area contributed by atoms with Gasteiger partial charge >= 0.3 is 0 Å². The van der Waals surface area contributed by atoms with Gasteiger partial charge in [0.2, 0.25) is 5.91 Å². The van der Waals surface area contributed by atoms with Gasteiger partial charge in [-0.15, -0.1) is 0 Å². The summed E-state index contributed by atoms with van der Waals surface area (Å²) in [4.78, 5) is 17.2. The summed E-state index contributed by atoms with van der Waals surface area (Å²) >= 11 is 0. The number of carbonyl (C=O) groups is 1. The van der Waals surface area contributed by atoms with Gasteiger partial charge in [-0.2, -0.15) is 0 Å². The summed E-state index contributed by atoms with van der Waals surface area (Å²) in [7, 11) is 0. The van der Waals surface area contributed by atoms with Gasteiger partial charge in [0.25, 0.3) is 0 Å². The fraction of sp³-hybridized carbons (Fsp3) is 0.812. The zero-order valence-corrected chi connectivity index (χ0v) is 12.9. The number of hydrogen-bond donors (Lipinski definition) is 0. The highest BCUT2D eigenvalue weighted by Crippen LogP contribution is 2.32. The van der Waals surface area contributed by atoms with Crippen molar-refractivity contribution in [2.75, 3.05) is 13.1 Å². The van der Waals surface area contributed by atoms with E-state index in [9.17, 15) is 4.79 Å². The van der Waals surface area contributed by atoms with E-state index in [1.165, 1.54) is 12.8 Å². The van der Waals surface area contributed by atoms with E-state index in [-0.39, 0.29) is 5.91 Å². The normalized spacial score (nSPS) is 28.9. The fourth-order valence-electron chi connectivity index (χ4n) is 3.78. The molecule has 2 aliphatic rings. The van der Waals surface area contributed by atoms with Crippen LogP contribution in [0.4, 0.5) is 0 Å². The van der Waals surface area contributed by atoms with Crippen LogP contribution in [-0.2, 0) is 4.79 Å². The average molecular weight is 264 g/mol. The molecular formula is C16H28N2O. The van der Waals surface area contributed by atoms with Gasteiger partial charge in [0.05, 0.1) is 0 Å². The van der Waals surface area contributed by atoms with Crippen LogP contribution < -0.4 is 0 Å². The molecule has 0 saturated carbocycles. The van der Waals surface area contributed by atoms with Crippen LogP contribution in [0.5, 0.6) is 0 Å². The molecule has 0 unspecified atom stereocenters. The summed E-state index contributed by atoms with van der Waals surface area (Å²) in [5.41, 5.74) is 0.913. The summed E-state index contributed by atoms with van der Waals surface area (Å²) in [6.45, 7) is 10.5. The first kappa shape index (κ1) is 14.6. The number of likely N-dealkylation sites (tertiary alicyclic amines) is 1. The quantitative estimate of drug-likeness (QED) is 0.732. The number of hydrogen-bond acceptors (Lipinski definition) is 2. The predicted octanol–water partition coefficient (Wildman–Crippen LogP) is 2.82. The van der Waals surface area contributed by atoms with E-state index in [0.717, 1.165) is 31.5 Å². The van der Waals surface area contributed by atoms with Gasteiger partial charge in [-0.05, 0) is 46.5 Å². The monoisotopic (exact) mass is 264 g/mol. The third kappa shape index (κ3) is 3.02. The molecule has 2 aliphatic heterocycles. The van der Waals surface area contributed by atoms with Crippen LogP contribution in [0.1, 0.15) is 53.4 Å². The van der Waals surface area contributed by atoms with Crippen LogP contribution in [0.15, 0.2) is 11.6 Å². The van der Waals surface area contributed by atoms with E-state index >= 15 is 0 Å². The molecule has 2 atom stereocenters. The van der Waals surface area contributed by atoms with Crippen molar-refractivity contribution < 1.29 is 4.79 Å². The van der Waals surface area contributed by atoms with Crippen LogP contribution in [-0.4, -0.2) is 46.9 Å². The molecule has 19 heavy (non-hydrogen) atoms. The predicted molar refractivity (Wildman–Crippen MR) is 79.0 cm³/mol. The second-order valence-electron chi connectivity index (χ2n) is 6.26. The topological polar surface area (TPSA) is 23.6 Å². The Bertz CT molecular complexity index is 362. The number of amides is 1. The van der Waals surface area contributed by atoms with Gasteiger partial charge in [-0.25, -0.2) is 0 Å². The Morgan fingerprint density at radius 3 is 2.58 bits per heavy atom. The van der Waals surface area contributed by atoms with E-state index in [0.29, 0.717) is 18.1 Å². The fourth-order valence-corrected chi connectivity index (χ4v) is 3.78. The molecule has 0 aromatic heterocycles. The average Bonchev–Trinajstić information content (AvgIpc) is 2.64. The Labute approximate surface area is 117 Å². The van der Waals surface area contributed by atoms with Crippen LogP contribution in [0.2, 0.25) is 0 Å². The summed E-state index contributed by atoms with van der Waals surface area (Å²) in [6.07, 6.45) is 6.69. The van der Waals surface area contributed by atoms with Crippen molar-refractivity contribution >= 4 is 5.91 Å². The van der Waals surface area contributed by atoms with Crippen LogP contribution >= 0.6 is 0 Å². The molecule has 0 N–H and O–H groups in total. The highest BCUT2D eigenvalue weighted by molar-refractivity contribution is 5.92. The molecule has 2 bridgehead atoms. The summed E-state index contributed by atoms with van der Waals surface area (Å²) in [5, 5.41) is 0. The van der Waals surface area contributed by atoms with Crippen molar-refractivity contribution in [3.05, 3.63) is 11.6 Å². The van der Waals surface area contributed by atoms with Gasteiger partial charge < -0.3 is 4.90 Å². The largest absolute Gasteiger partial charge is 0.337 e. The molecule has 0 aliphatic carbocycles. The van der Waals surface area contributed by atoms with Crippen molar-refractivity contribution in [2.45, 2.75) is 71.5 Å². The number of allylic oxidation sites excluding steroid dienone is 1. The van der Waals surface area contributed by atoms with Gasteiger partial charge in [-0.1, -0.05) is 13.0 Å². The van der Waals surface area contributed by atoms with Crippen molar-refractivity contribution in [1.82, 2.24) is 9.80 Å². The van der Waals surface area contributed by atoms with E-state index in [2.05, 4.69) is 30.6 Å². The lowest BCUT2D eigenvalue weighted by Gasteiger charge is -2.32. The highest BCUT2D eigenvalue weighted by atomic mass is 16.2. The maximum absolute atomic E-state index is 12.4. The Kier molecular flexibility index (Phi) is 4.67. The lowest BCUT2D eigenvalue weighted by atomic mass is 10.1. The Balaban J connectivity index is 2.08. The SMILES string of the molecule is CC/C=C(/C)C(=O)N1CC[C@@H]2CC[C@@H](C1)N2C(C)C. The molecule has 2 heterocycles. The zero-order chi connectivity index (χ0) is 14.0. The van der Waals surface area contributed by atoms with E-state index in [1.54, 1.807) is 0 Å². The van der Waals surface area contributed by atoms with Crippen LogP contribution in [0, 0.1) is 0 Å². The molecule has 3 nitrogen and oxygen atoms in total. The molecule has 0 aromatic rings. The first-order valence-corrected chi connectivity index (χ1v) is 7.78. The first-order valence-electron chi connectivity index (χ1n) is 7.78. The van der Waals surface area contributed by atoms with Gasteiger partial charge in [0.1, 0.15) is 0 Å².